The summed E-state index contributed by atoms with van der Waals surface area (Å²) in [5.74, 6) is 0.165. The largest absolute Gasteiger partial charge is 0.366 e. The maximum absolute atomic E-state index is 10.6. The summed E-state index contributed by atoms with van der Waals surface area (Å²) < 4.78 is 0. The third-order valence-electron chi connectivity index (χ3n) is 1.34. The van der Waals surface area contributed by atoms with Crippen molar-refractivity contribution in [3.05, 3.63) is 39.9 Å². The van der Waals surface area contributed by atoms with Gasteiger partial charge in [0.2, 0.25) is 5.91 Å². The number of nitrogens with two attached hydrogens (primary N) is 1. The minimum Gasteiger partial charge on any atom is -0.366 e. The van der Waals surface area contributed by atoms with Crippen LogP contribution in [-0.2, 0) is 0 Å². The minimum absolute atomic E-state index is 0.133. The van der Waals surface area contributed by atoms with Gasteiger partial charge in [-0.3, -0.25) is 14.9 Å². The molecule has 0 fully saturated rings. The SMILES string of the molecule is CC(C)C.NC(=O)c1cccc([N+](=O)[O-])c1. The molecule has 0 radical (unpaired) electrons. The van der Waals surface area contributed by atoms with Crippen LogP contribution in [-0.4, -0.2) is 10.8 Å². The Balaban J connectivity index is 0.000000487. The van der Waals surface area contributed by atoms with Gasteiger partial charge in [-0.2, -0.15) is 0 Å². The Labute approximate surface area is 94.4 Å². The number of nitro benzene ring substituents is 1. The Morgan fingerprint density at radius 1 is 1.38 bits per heavy atom. The first-order valence-electron chi connectivity index (χ1n) is 4.88. The summed E-state index contributed by atoms with van der Waals surface area (Å²) in [6.45, 7) is 6.50. The van der Waals surface area contributed by atoms with Crippen molar-refractivity contribution in [2.75, 3.05) is 0 Å². The highest BCUT2D eigenvalue weighted by Gasteiger charge is 2.07. The lowest BCUT2D eigenvalue weighted by Crippen LogP contribution is -2.10. The van der Waals surface area contributed by atoms with Crippen LogP contribution in [0.4, 0.5) is 5.69 Å². The topological polar surface area (TPSA) is 86.2 Å². The van der Waals surface area contributed by atoms with Gasteiger partial charge >= 0.3 is 0 Å². The normalized spacial score (nSPS) is 9.25. The molecule has 0 spiro atoms. The highest BCUT2D eigenvalue weighted by Crippen LogP contribution is 2.11. The second-order valence-electron chi connectivity index (χ2n) is 3.90. The van der Waals surface area contributed by atoms with Gasteiger partial charge in [0.05, 0.1) is 4.92 Å². The van der Waals surface area contributed by atoms with Crippen LogP contribution in [0.15, 0.2) is 24.3 Å². The number of nitrogens with zero attached hydrogens (tertiary/aromatic N) is 1. The summed E-state index contributed by atoms with van der Waals surface area (Å²) in [5, 5.41) is 10.2. The Bertz CT molecular complexity index is 343. The average molecular weight is 224 g/mol. The average Bonchev–Trinajstić information content (AvgIpc) is 2.17. The fourth-order valence-electron chi connectivity index (χ4n) is 0.773. The maximum Gasteiger partial charge on any atom is 0.270 e. The molecule has 0 saturated heterocycles. The van der Waals surface area contributed by atoms with Gasteiger partial charge in [0.1, 0.15) is 0 Å². The standard InChI is InChI=1S/C7H6N2O3.C4H10/c8-7(10)5-2-1-3-6(4-5)9(11)12;1-4(2)3/h1-4H,(H2,8,10);4H,1-3H3. The molecule has 16 heavy (non-hydrogen) atoms. The minimum atomic E-state index is -0.668. The van der Waals surface area contributed by atoms with E-state index in [0.717, 1.165) is 12.0 Å². The molecule has 5 heteroatoms. The van der Waals surface area contributed by atoms with Crippen LogP contribution in [0.5, 0.6) is 0 Å². The first-order chi connectivity index (χ1) is 7.34. The van der Waals surface area contributed by atoms with Crippen molar-refractivity contribution in [1.29, 1.82) is 0 Å². The summed E-state index contributed by atoms with van der Waals surface area (Å²) in [7, 11) is 0. The number of nitro groups is 1. The third-order valence-corrected chi connectivity index (χ3v) is 1.34. The molecule has 0 aliphatic heterocycles. The second kappa shape index (κ2) is 6.55. The van der Waals surface area contributed by atoms with Crippen molar-refractivity contribution < 1.29 is 9.72 Å². The molecular formula is C11H16N2O3. The van der Waals surface area contributed by atoms with E-state index in [1.54, 1.807) is 0 Å². The van der Waals surface area contributed by atoms with E-state index in [2.05, 4.69) is 20.8 Å². The molecule has 0 aliphatic rings. The number of hydrogen-bond donors (Lipinski definition) is 1. The smallest absolute Gasteiger partial charge is 0.270 e. The zero-order chi connectivity index (χ0) is 12.7. The quantitative estimate of drug-likeness (QED) is 0.618. The third kappa shape index (κ3) is 5.74. The van der Waals surface area contributed by atoms with Crippen LogP contribution in [0.1, 0.15) is 31.1 Å². The van der Waals surface area contributed by atoms with Gasteiger partial charge < -0.3 is 5.73 Å². The lowest BCUT2D eigenvalue weighted by Gasteiger charge is -1.93. The number of rotatable bonds is 2. The molecule has 1 aromatic rings. The number of amides is 1. The van der Waals surface area contributed by atoms with Crippen LogP contribution in [0.25, 0.3) is 0 Å². The van der Waals surface area contributed by atoms with Crippen molar-refractivity contribution in [3.8, 4) is 0 Å². The number of carbonyl (C=O) groups excluding carboxylic acids is 1. The Hall–Kier alpha value is -1.91. The lowest BCUT2D eigenvalue weighted by molar-refractivity contribution is -0.384. The molecule has 0 aromatic heterocycles. The van der Waals surface area contributed by atoms with Gasteiger partial charge in [0.25, 0.3) is 5.69 Å². The van der Waals surface area contributed by atoms with Crippen molar-refractivity contribution >= 4 is 11.6 Å². The van der Waals surface area contributed by atoms with Crippen molar-refractivity contribution in [2.45, 2.75) is 20.8 Å². The summed E-state index contributed by atoms with van der Waals surface area (Å²) in [6, 6.07) is 5.28. The van der Waals surface area contributed by atoms with Crippen LogP contribution in [0.3, 0.4) is 0 Å². The van der Waals surface area contributed by atoms with Crippen LogP contribution in [0.2, 0.25) is 0 Å². The summed E-state index contributed by atoms with van der Waals surface area (Å²) in [4.78, 5) is 20.2. The van der Waals surface area contributed by atoms with E-state index in [-0.39, 0.29) is 11.3 Å². The predicted molar refractivity (Wildman–Crippen MR) is 62.1 cm³/mol. The molecule has 2 N–H and O–H groups in total. The molecule has 0 unspecified atom stereocenters. The van der Waals surface area contributed by atoms with Crippen molar-refractivity contribution in [1.82, 2.24) is 0 Å². The Kier molecular flexibility index (Phi) is 5.77. The molecule has 0 heterocycles. The molecule has 1 amide bonds. The van der Waals surface area contributed by atoms with Gasteiger partial charge in [0, 0.05) is 17.7 Å². The number of hydrogen-bond acceptors (Lipinski definition) is 3. The fraction of sp³-hybridized carbons (Fsp3) is 0.364. The zero-order valence-electron chi connectivity index (χ0n) is 9.64. The Morgan fingerprint density at radius 2 is 1.88 bits per heavy atom. The molecule has 5 nitrogen and oxygen atoms in total. The molecule has 1 aromatic carbocycles. The highest BCUT2D eigenvalue weighted by molar-refractivity contribution is 5.93. The molecular weight excluding hydrogens is 208 g/mol. The molecule has 1 rings (SSSR count). The van der Waals surface area contributed by atoms with E-state index in [1.165, 1.54) is 18.2 Å². The van der Waals surface area contributed by atoms with E-state index >= 15 is 0 Å². The molecule has 0 aliphatic carbocycles. The van der Waals surface area contributed by atoms with E-state index in [0.29, 0.717) is 0 Å². The van der Waals surface area contributed by atoms with Gasteiger partial charge in [-0.25, -0.2) is 0 Å². The summed E-state index contributed by atoms with van der Waals surface area (Å²) in [5.41, 5.74) is 4.93. The van der Waals surface area contributed by atoms with Crippen molar-refractivity contribution in [3.63, 3.8) is 0 Å². The van der Waals surface area contributed by atoms with Gasteiger partial charge in [-0.15, -0.1) is 0 Å². The van der Waals surface area contributed by atoms with Gasteiger partial charge in [0.15, 0.2) is 0 Å². The monoisotopic (exact) mass is 224 g/mol. The van der Waals surface area contributed by atoms with E-state index in [9.17, 15) is 14.9 Å². The van der Waals surface area contributed by atoms with Crippen LogP contribution >= 0.6 is 0 Å². The molecule has 0 bridgehead atoms. The number of non-ortho nitro benzene ring substituents is 1. The van der Waals surface area contributed by atoms with E-state index in [4.69, 9.17) is 5.73 Å². The van der Waals surface area contributed by atoms with Gasteiger partial charge in [-0.1, -0.05) is 26.8 Å². The number of primary amides is 1. The van der Waals surface area contributed by atoms with Crippen LogP contribution < -0.4 is 5.73 Å². The van der Waals surface area contributed by atoms with E-state index in [1.807, 2.05) is 0 Å². The maximum atomic E-state index is 10.6. The highest BCUT2D eigenvalue weighted by atomic mass is 16.6. The number of carbonyl (C=O) groups is 1. The van der Waals surface area contributed by atoms with Gasteiger partial charge in [-0.05, 0) is 12.0 Å². The lowest BCUT2D eigenvalue weighted by atomic mass is 10.2. The zero-order valence-corrected chi connectivity index (χ0v) is 9.64. The van der Waals surface area contributed by atoms with Crippen LogP contribution in [0, 0.1) is 16.0 Å². The Morgan fingerprint density at radius 3 is 2.25 bits per heavy atom. The summed E-state index contributed by atoms with van der Waals surface area (Å²) in [6.07, 6.45) is 0. The second-order valence-corrected chi connectivity index (χ2v) is 3.90. The molecule has 0 atom stereocenters. The van der Waals surface area contributed by atoms with E-state index < -0.39 is 10.8 Å². The first-order valence-corrected chi connectivity index (χ1v) is 4.88. The summed E-state index contributed by atoms with van der Waals surface area (Å²) >= 11 is 0. The van der Waals surface area contributed by atoms with Crippen molar-refractivity contribution in [2.24, 2.45) is 11.7 Å². The molecule has 0 saturated carbocycles. The number of benzene rings is 1. The first kappa shape index (κ1) is 14.1. The molecule has 88 valence electrons. The fourth-order valence-corrected chi connectivity index (χ4v) is 0.773. The predicted octanol–water partition coefficient (Wildman–Crippen LogP) is 2.36.